The van der Waals surface area contributed by atoms with Gasteiger partial charge in [0.15, 0.2) is 11.2 Å². The highest BCUT2D eigenvalue weighted by Gasteiger charge is 2.17. The molecule has 0 fully saturated rings. The highest BCUT2D eigenvalue weighted by molar-refractivity contribution is 5.74. The lowest BCUT2D eigenvalue weighted by atomic mass is 10.2. The molecule has 0 saturated heterocycles. The first-order chi connectivity index (χ1) is 12.0. The number of aromatic nitrogens is 4. The number of aliphatic carboxylic acids is 1. The molecule has 0 unspecified atom stereocenters. The van der Waals surface area contributed by atoms with Crippen LogP contribution in [0.4, 0.5) is 5.95 Å². The molecular formula is C16H17N5O4. The molecule has 0 aliphatic heterocycles. The van der Waals surface area contributed by atoms with E-state index in [1.165, 1.54) is 16.2 Å². The number of H-pyrrole nitrogens is 1. The number of aryl methyl sites for hydroxylation is 2. The average molecular weight is 343 g/mol. The van der Waals surface area contributed by atoms with E-state index < -0.39 is 17.2 Å². The van der Waals surface area contributed by atoms with Gasteiger partial charge < -0.3 is 15.0 Å². The lowest BCUT2D eigenvalue weighted by Gasteiger charge is -2.09. The Labute approximate surface area is 141 Å². The monoisotopic (exact) mass is 343 g/mol. The van der Waals surface area contributed by atoms with Gasteiger partial charge in [0.2, 0.25) is 5.95 Å². The molecule has 0 atom stereocenters. The molecule has 0 amide bonds. The Bertz CT molecular complexity index is 1030. The van der Waals surface area contributed by atoms with Crippen molar-refractivity contribution < 1.29 is 9.90 Å². The molecule has 0 aliphatic rings. The van der Waals surface area contributed by atoms with E-state index in [1.807, 2.05) is 30.3 Å². The summed E-state index contributed by atoms with van der Waals surface area (Å²) in [4.78, 5) is 41.4. The van der Waals surface area contributed by atoms with E-state index in [1.54, 1.807) is 0 Å². The van der Waals surface area contributed by atoms with E-state index in [4.69, 9.17) is 5.11 Å². The van der Waals surface area contributed by atoms with Crippen LogP contribution in [-0.2, 0) is 24.9 Å². The summed E-state index contributed by atoms with van der Waals surface area (Å²) in [5.41, 5.74) is 0.203. The second-order valence-corrected chi connectivity index (χ2v) is 5.56. The molecule has 2 aromatic heterocycles. The van der Waals surface area contributed by atoms with Crippen LogP contribution in [0.15, 0.2) is 39.9 Å². The molecule has 25 heavy (non-hydrogen) atoms. The number of hydrogen-bond donors (Lipinski definition) is 3. The normalized spacial score (nSPS) is 10.9. The van der Waals surface area contributed by atoms with Crippen LogP contribution in [0.3, 0.4) is 0 Å². The summed E-state index contributed by atoms with van der Waals surface area (Å²) in [6.45, 7) is 0.507. The van der Waals surface area contributed by atoms with E-state index in [-0.39, 0.29) is 24.1 Å². The van der Waals surface area contributed by atoms with Gasteiger partial charge in [-0.1, -0.05) is 30.3 Å². The largest absolute Gasteiger partial charge is 0.481 e. The van der Waals surface area contributed by atoms with Gasteiger partial charge in [0.1, 0.15) is 0 Å². The zero-order valence-electron chi connectivity index (χ0n) is 13.5. The van der Waals surface area contributed by atoms with E-state index in [0.29, 0.717) is 12.5 Å². The fraction of sp³-hybridized carbons (Fsp3) is 0.250. The van der Waals surface area contributed by atoms with Crippen LogP contribution in [0.25, 0.3) is 11.2 Å². The second kappa shape index (κ2) is 6.63. The van der Waals surface area contributed by atoms with Crippen molar-refractivity contribution >= 4 is 23.1 Å². The molecule has 0 saturated carbocycles. The first-order valence-corrected chi connectivity index (χ1v) is 7.66. The highest BCUT2D eigenvalue weighted by atomic mass is 16.4. The fourth-order valence-corrected chi connectivity index (χ4v) is 2.57. The molecule has 9 nitrogen and oxygen atoms in total. The summed E-state index contributed by atoms with van der Waals surface area (Å²) in [6, 6.07) is 9.57. The van der Waals surface area contributed by atoms with Crippen molar-refractivity contribution in [2.45, 2.75) is 19.5 Å². The van der Waals surface area contributed by atoms with Gasteiger partial charge in [-0.3, -0.25) is 19.1 Å². The Morgan fingerprint density at radius 1 is 1.28 bits per heavy atom. The lowest BCUT2D eigenvalue weighted by molar-refractivity contribution is -0.137. The lowest BCUT2D eigenvalue weighted by Crippen LogP contribution is -2.29. The number of imidazole rings is 1. The Balaban J connectivity index is 2.06. The molecule has 0 radical (unpaired) electrons. The van der Waals surface area contributed by atoms with Crippen LogP contribution in [0.5, 0.6) is 0 Å². The number of aromatic amines is 1. The number of carboxylic acid groups (broad SMARTS) is 1. The first kappa shape index (κ1) is 16.5. The van der Waals surface area contributed by atoms with Crippen molar-refractivity contribution in [2.75, 3.05) is 5.32 Å². The zero-order chi connectivity index (χ0) is 18.0. The molecule has 0 aliphatic carbocycles. The SMILES string of the molecule is Cn1c(=O)[nH]c(=O)c2c1nc(NCc1ccccc1)n2CCC(=O)O. The number of nitrogens with zero attached hydrogens (tertiary/aromatic N) is 3. The Hall–Kier alpha value is -3.36. The van der Waals surface area contributed by atoms with Crippen LogP contribution < -0.4 is 16.6 Å². The molecule has 0 spiro atoms. The summed E-state index contributed by atoms with van der Waals surface area (Å²) in [6.07, 6.45) is -0.173. The number of fused-ring (bicyclic) bond motifs is 1. The number of nitrogens with one attached hydrogen (secondary N) is 2. The van der Waals surface area contributed by atoms with E-state index in [2.05, 4.69) is 15.3 Å². The van der Waals surface area contributed by atoms with E-state index >= 15 is 0 Å². The molecule has 2 heterocycles. The van der Waals surface area contributed by atoms with Crippen LogP contribution in [0, 0.1) is 0 Å². The summed E-state index contributed by atoms with van der Waals surface area (Å²) in [5.74, 6) is -0.649. The summed E-state index contributed by atoms with van der Waals surface area (Å²) < 4.78 is 2.71. The molecular weight excluding hydrogens is 326 g/mol. The van der Waals surface area contributed by atoms with Crippen molar-refractivity contribution in [3.05, 3.63) is 56.7 Å². The number of carbonyl (C=O) groups is 1. The van der Waals surface area contributed by atoms with Crippen LogP contribution in [0.1, 0.15) is 12.0 Å². The molecule has 3 aromatic rings. The van der Waals surface area contributed by atoms with Crippen molar-refractivity contribution in [3.63, 3.8) is 0 Å². The topological polar surface area (TPSA) is 122 Å². The Morgan fingerprint density at radius 2 is 2.00 bits per heavy atom. The maximum atomic E-state index is 12.2. The second-order valence-electron chi connectivity index (χ2n) is 5.56. The summed E-state index contributed by atoms with van der Waals surface area (Å²) >= 11 is 0. The number of hydrogen-bond acceptors (Lipinski definition) is 5. The minimum atomic E-state index is -0.989. The van der Waals surface area contributed by atoms with Crippen molar-refractivity contribution in [1.29, 1.82) is 0 Å². The van der Waals surface area contributed by atoms with Gasteiger partial charge >= 0.3 is 11.7 Å². The van der Waals surface area contributed by atoms with Gasteiger partial charge in [-0.25, -0.2) is 4.79 Å². The standard InChI is InChI=1S/C16H17N5O4/c1-20-13-12(14(24)19-16(20)25)21(8-7-11(22)23)15(18-13)17-9-10-5-3-2-4-6-10/h2-6H,7-9H2,1H3,(H,17,18)(H,22,23)(H,19,24,25). The third-order valence-electron chi connectivity index (χ3n) is 3.85. The van der Waals surface area contributed by atoms with Gasteiger partial charge in [-0.05, 0) is 5.56 Å². The van der Waals surface area contributed by atoms with Crippen LogP contribution in [-0.4, -0.2) is 30.2 Å². The number of rotatable bonds is 6. The quantitative estimate of drug-likeness (QED) is 0.599. The first-order valence-electron chi connectivity index (χ1n) is 7.66. The summed E-state index contributed by atoms with van der Waals surface area (Å²) in [7, 11) is 1.50. The van der Waals surface area contributed by atoms with Crippen molar-refractivity contribution in [3.8, 4) is 0 Å². The molecule has 3 rings (SSSR count). The maximum absolute atomic E-state index is 12.2. The predicted molar refractivity (Wildman–Crippen MR) is 91.6 cm³/mol. The van der Waals surface area contributed by atoms with Crippen molar-refractivity contribution in [1.82, 2.24) is 19.1 Å². The molecule has 0 bridgehead atoms. The minimum absolute atomic E-state index is 0.0598. The summed E-state index contributed by atoms with van der Waals surface area (Å²) in [5, 5.41) is 12.1. The molecule has 3 N–H and O–H groups in total. The van der Waals surface area contributed by atoms with Gasteiger partial charge in [0.05, 0.1) is 6.42 Å². The third kappa shape index (κ3) is 3.30. The predicted octanol–water partition coefficient (Wildman–Crippen LogP) is 0.510. The third-order valence-corrected chi connectivity index (χ3v) is 3.85. The Kier molecular flexibility index (Phi) is 4.38. The Morgan fingerprint density at radius 3 is 2.68 bits per heavy atom. The molecule has 130 valence electrons. The smallest absolute Gasteiger partial charge is 0.329 e. The van der Waals surface area contributed by atoms with E-state index in [0.717, 1.165) is 5.56 Å². The van der Waals surface area contributed by atoms with Gasteiger partial charge in [0.25, 0.3) is 5.56 Å². The highest BCUT2D eigenvalue weighted by Crippen LogP contribution is 2.17. The number of carboxylic acids is 1. The van der Waals surface area contributed by atoms with Gasteiger partial charge in [0, 0.05) is 20.1 Å². The van der Waals surface area contributed by atoms with Crippen molar-refractivity contribution in [2.24, 2.45) is 7.05 Å². The van der Waals surface area contributed by atoms with E-state index in [9.17, 15) is 14.4 Å². The number of benzene rings is 1. The fourth-order valence-electron chi connectivity index (χ4n) is 2.57. The number of anilines is 1. The van der Waals surface area contributed by atoms with Crippen LogP contribution >= 0.6 is 0 Å². The van der Waals surface area contributed by atoms with Gasteiger partial charge in [-0.15, -0.1) is 0 Å². The van der Waals surface area contributed by atoms with Crippen LogP contribution in [0.2, 0.25) is 0 Å². The average Bonchev–Trinajstić information content (AvgIpc) is 2.96. The molecule has 1 aromatic carbocycles. The minimum Gasteiger partial charge on any atom is -0.481 e. The maximum Gasteiger partial charge on any atom is 0.329 e. The van der Waals surface area contributed by atoms with Gasteiger partial charge in [-0.2, -0.15) is 4.98 Å². The molecule has 9 heteroatoms. The zero-order valence-corrected chi connectivity index (χ0v) is 13.5.